The summed E-state index contributed by atoms with van der Waals surface area (Å²) in [5.41, 5.74) is 6.42. The maximum absolute atomic E-state index is 12.9. The highest BCUT2D eigenvalue weighted by atomic mass is 19.1. The third kappa shape index (κ3) is 3.82. The van der Waals surface area contributed by atoms with Crippen molar-refractivity contribution >= 4 is 23.3 Å². The number of amides is 1. The van der Waals surface area contributed by atoms with Crippen LogP contribution in [-0.4, -0.2) is 18.0 Å². The van der Waals surface area contributed by atoms with Gasteiger partial charge in [0, 0.05) is 5.69 Å². The summed E-state index contributed by atoms with van der Waals surface area (Å²) in [5, 5.41) is 3.00. The molecule has 5 nitrogen and oxygen atoms in total. The quantitative estimate of drug-likeness (QED) is 0.832. The van der Waals surface area contributed by atoms with Gasteiger partial charge in [0.05, 0.1) is 11.3 Å². The number of hydrogen-bond acceptors (Lipinski definition) is 4. The number of para-hydroxylation sites is 1. The average molecular weight is 302 g/mol. The minimum absolute atomic E-state index is 0.250. The Morgan fingerprint density at radius 3 is 2.41 bits per heavy atom. The molecule has 0 spiro atoms. The third-order valence-electron chi connectivity index (χ3n) is 2.95. The third-order valence-corrected chi connectivity index (χ3v) is 2.95. The van der Waals surface area contributed by atoms with Gasteiger partial charge in [0.2, 0.25) is 0 Å². The van der Waals surface area contributed by atoms with Gasteiger partial charge < -0.3 is 15.8 Å². The number of halogens is 1. The Bertz CT molecular complexity index is 686. The molecule has 1 amide bonds. The molecule has 0 aliphatic rings. The van der Waals surface area contributed by atoms with Crippen molar-refractivity contribution in [1.82, 2.24) is 0 Å². The van der Waals surface area contributed by atoms with Crippen LogP contribution in [-0.2, 0) is 9.53 Å². The van der Waals surface area contributed by atoms with Crippen molar-refractivity contribution < 1.29 is 18.7 Å². The lowest BCUT2D eigenvalue weighted by atomic mass is 10.1. The smallest absolute Gasteiger partial charge is 0.341 e. The molecule has 0 bridgehead atoms. The first-order valence-electron chi connectivity index (χ1n) is 6.59. The number of benzene rings is 2. The van der Waals surface area contributed by atoms with Crippen LogP contribution in [0.15, 0.2) is 48.5 Å². The van der Waals surface area contributed by atoms with Crippen LogP contribution < -0.4 is 11.1 Å². The van der Waals surface area contributed by atoms with E-state index < -0.39 is 18.0 Å². The highest BCUT2D eigenvalue weighted by molar-refractivity contribution is 5.97. The van der Waals surface area contributed by atoms with Gasteiger partial charge in [-0.15, -0.1) is 0 Å². The summed E-state index contributed by atoms with van der Waals surface area (Å²) in [7, 11) is 0. The largest absolute Gasteiger partial charge is 0.449 e. The number of anilines is 2. The molecule has 2 rings (SSSR count). The summed E-state index contributed by atoms with van der Waals surface area (Å²) in [4.78, 5) is 23.1. The molecular weight excluding hydrogens is 287 g/mol. The van der Waals surface area contributed by atoms with Crippen LogP contribution in [0.3, 0.4) is 0 Å². The second-order valence-electron chi connectivity index (χ2n) is 4.63. The Hall–Kier alpha value is -2.89. The summed E-state index contributed by atoms with van der Waals surface area (Å²) in [6.45, 7) is 1.40. The summed E-state index contributed by atoms with van der Waals surface area (Å²) < 4.78 is 17.9. The van der Waals surface area contributed by atoms with Crippen molar-refractivity contribution in [2.24, 2.45) is 5.73 Å². The van der Waals surface area contributed by atoms with Crippen LogP contribution in [0, 0.1) is 5.82 Å². The molecule has 0 aromatic heterocycles. The van der Waals surface area contributed by atoms with Gasteiger partial charge in [-0.2, -0.15) is 0 Å². The zero-order chi connectivity index (χ0) is 16.1. The second-order valence-corrected chi connectivity index (χ2v) is 4.63. The van der Waals surface area contributed by atoms with Crippen molar-refractivity contribution in [2.75, 3.05) is 5.32 Å². The fourth-order valence-corrected chi connectivity index (χ4v) is 1.74. The first-order chi connectivity index (χ1) is 10.5. The van der Waals surface area contributed by atoms with E-state index in [4.69, 9.17) is 10.5 Å². The number of nitrogens with one attached hydrogen (secondary N) is 1. The average Bonchev–Trinajstić information content (AvgIpc) is 2.50. The van der Waals surface area contributed by atoms with Crippen molar-refractivity contribution in [3.8, 4) is 0 Å². The molecule has 2 aromatic rings. The van der Waals surface area contributed by atoms with E-state index in [0.717, 1.165) is 0 Å². The first-order valence-corrected chi connectivity index (χ1v) is 6.59. The van der Waals surface area contributed by atoms with E-state index in [1.807, 2.05) is 0 Å². The highest BCUT2D eigenvalue weighted by Crippen LogP contribution is 2.22. The molecule has 3 N–H and O–H groups in total. The first kappa shape index (κ1) is 15.5. The maximum Gasteiger partial charge on any atom is 0.341 e. The van der Waals surface area contributed by atoms with Crippen molar-refractivity contribution in [3.05, 3.63) is 59.9 Å². The van der Waals surface area contributed by atoms with Gasteiger partial charge >= 0.3 is 5.97 Å². The lowest BCUT2D eigenvalue weighted by Crippen LogP contribution is -2.30. The Morgan fingerprint density at radius 2 is 1.77 bits per heavy atom. The Kier molecular flexibility index (Phi) is 4.73. The lowest BCUT2D eigenvalue weighted by molar-refractivity contribution is -0.125. The molecule has 0 aliphatic heterocycles. The number of esters is 1. The summed E-state index contributed by atoms with van der Waals surface area (Å²) in [6, 6.07) is 12.3. The molecular formula is C16H15FN2O3. The molecule has 114 valence electrons. The van der Waals surface area contributed by atoms with Crippen LogP contribution in [0.1, 0.15) is 17.3 Å². The molecule has 22 heavy (non-hydrogen) atoms. The van der Waals surface area contributed by atoms with E-state index in [0.29, 0.717) is 11.4 Å². The fourth-order valence-electron chi connectivity index (χ4n) is 1.74. The molecule has 0 aliphatic carbocycles. The second kappa shape index (κ2) is 6.71. The molecule has 0 fully saturated rings. The molecule has 6 heteroatoms. The SMILES string of the molecule is CC(OC(=O)c1ccccc1Nc1ccc(F)cc1)C(N)=O. The normalized spacial score (nSPS) is 11.5. The topological polar surface area (TPSA) is 81.4 Å². The Morgan fingerprint density at radius 1 is 1.14 bits per heavy atom. The van der Waals surface area contributed by atoms with Gasteiger partial charge in [-0.05, 0) is 43.3 Å². The molecule has 0 radical (unpaired) electrons. The zero-order valence-corrected chi connectivity index (χ0v) is 11.9. The summed E-state index contributed by atoms with van der Waals surface area (Å²) in [5.74, 6) is -1.75. The van der Waals surface area contributed by atoms with Crippen LogP contribution in [0.25, 0.3) is 0 Å². The number of nitrogens with two attached hydrogens (primary N) is 1. The van der Waals surface area contributed by atoms with Gasteiger partial charge in [0.1, 0.15) is 5.82 Å². The molecule has 1 unspecified atom stereocenters. The number of carbonyl (C=O) groups excluding carboxylic acids is 2. The van der Waals surface area contributed by atoms with E-state index in [1.54, 1.807) is 36.4 Å². The molecule has 0 saturated carbocycles. The van der Waals surface area contributed by atoms with E-state index in [1.165, 1.54) is 19.1 Å². The monoisotopic (exact) mass is 302 g/mol. The van der Waals surface area contributed by atoms with Crippen molar-refractivity contribution in [3.63, 3.8) is 0 Å². The number of ether oxygens (including phenoxy) is 1. The van der Waals surface area contributed by atoms with E-state index in [2.05, 4.69) is 5.32 Å². The van der Waals surface area contributed by atoms with Crippen LogP contribution in [0.4, 0.5) is 15.8 Å². The number of primary amides is 1. The van der Waals surface area contributed by atoms with Gasteiger partial charge in [-0.25, -0.2) is 9.18 Å². The number of rotatable bonds is 5. The van der Waals surface area contributed by atoms with Crippen molar-refractivity contribution in [2.45, 2.75) is 13.0 Å². The highest BCUT2D eigenvalue weighted by Gasteiger charge is 2.18. The number of carbonyl (C=O) groups is 2. The van der Waals surface area contributed by atoms with E-state index >= 15 is 0 Å². The fraction of sp³-hybridized carbons (Fsp3) is 0.125. The molecule has 0 heterocycles. The lowest BCUT2D eigenvalue weighted by Gasteiger charge is -2.13. The van der Waals surface area contributed by atoms with Crippen LogP contribution in [0.5, 0.6) is 0 Å². The molecule has 2 aromatic carbocycles. The van der Waals surface area contributed by atoms with Gasteiger partial charge in [0.25, 0.3) is 5.91 Å². The Labute approximate surface area is 126 Å². The maximum atomic E-state index is 12.9. The Balaban J connectivity index is 2.21. The minimum atomic E-state index is -1.02. The predicted molar refractivity (Wildman–Crippen MR) is 80.2 cm³/mol. The molecule has 0 saturated heterocycles. The summed E-state index contributed by atoms with van der Waals surface area (Å²) >= 11 is 0. The van der Waals surface area contributed by atoms with Crippen LogP contribution in [0.2, 0.25) is 0 Å². The number of hydrogen-bond donors (Lipinski definition) is 2. The standard InChI is InChI=1S/C16H15FN2O3/c1-10(15(18)20)22-16(21)13-4-2-3-5-14(13)19-12-8-6-11(17)7-9-12/h2-10,19H,1H3,(H2,18,20). The summed E-state index contributed by atoms with van der Waals surface area (Å²) in [6.07, 6.45) is -1.02. The van der Waals surface area contributed by atoms with Gasteiger partial charge in [0.15, 0.2) is 6.10 Å². The zero-order valence-electron chi connectivity index (χ0n) is 11.9. The van der Waals surface area contributed by atoms with E-state index in [-0.39, 0.29) is 11.4 Å². The molecule has 1 atom stereocenters. The minimum Gasteiger partial charge on any atom is -0.449 e. The predicted octanol–water partition coefficient (Wildman–Crippen LogP) is 2.60. The van der Waals surface area contributed by atoms with E-state index in [9.17, 15) is 14.0 Å². The van der Waals surface area contributed by atoms with Gasteiger partial charge in [-0.3, -0.25) is 4.79 Å². The van der Waals surface area contributed by atoms with Crippen molar-refractivity contribution in [1.29, 1.82) is 0 Å². The van der Waals surface area contributed by atoms with Crippen LogP contribution >= 0.6 is 0 Å². The van der Waals surface area contributed by atoms with Gasteiger partial charge in [-0.1, -0.05) is 12.1 Å².